The lowest BCUT2D eigenvalue weighted by Gasteiger charge is -2.29. The van der Waals surface area contributed by atoms with E-state index in [1.807, 2.05) is 4.90 Å². The fourth-order valence-electron chi connectivity index (χ4n) is 2.32. The van der Waals surface area contributed by atoms with Gasteiger partial charge in [-0.15, -0.1) is 0 Å². The molecule has 0 bridgehead atoms. The zero-order valence-corrected chi connectivity index (χ0v) is 12.6. The van der Waals surface area contributed by atoms with Gasteiger partial charge < -0.3 is 15.4 Å². The van der Waals surface area contributed by atoms with Gasteiger partial charge in [0.15, 0.2) is 0 Å². The van der Waals surface area contributed by atoms with Gasteiger partial charge in [-0.2, -0.15) is 0 Å². The average molecular weight is 298 g/mol. The Balaban J connectivity index is 2.19. The van der Waals surface area contributed by atoms with E-state index in [4.69, 9.17) is 22.1 Å². The molecule has 0 radical (unpaired) electrons. The van der Waals surface area contributed by atoms with Gasteiger partial charge >= 0.3 is 0 Å². The first-order valence-electron chi connectivity index (χ1n) is 6.76. The minimum Gasteiger partial charge on any atom is -0.384 e. The number of hydrogen-bond donors (Lipinski definition) is 1. The van der Waals surface area contributed by atoms with E-state index >= 15 is 0 Å². The summed E-state index contributed by atoms with van der Waals surface area (Å²) in [7, 11) is 1.63. The second-order valence-corrected chi connectivity index (χ2v) is 5.56. The molecule has 20 heavy (non-hydrogen) atoms. The Kier molecular flexibility index (Phi) is 4.83. The molecule has 0 saturated heterocycles. The van der Waals surface area contributed by atoms with Gasteiger partial charge in [0.1, 0.15) is 11.0 Å². The van der Waals surface area contributed by atoms with Gasteiger partial charge in [0.05, 0.1) is 6.61 Å². The molecule has 1 aliphatic carbocycles. The number of carbonyl (C=O) groups is 1. The number of hydrogen-bond acceptors (Lipinski definition) is 4. The summed E-state index contributed by atoms with van der Waals surface area (Å²) >= 11 is 5.87. The van der Waals surface area contributed by atoms with Crippen molar-refractivity contribution in [3.8, 4) is 0 Å². The van der Waals surface area contributed by atoms with Gasteiger partial charge in [-0.05, 0) is 37.8 Å². The number of anilines is 1. The summed E-state index contributed by atoms with van der Waals surface area (Å²) in [6.07, 6.45) is 2.36. The summed E-state index contributed by atoms with van der Waals surface area (Å²) in [5.74, 6) is 0.773. The molecule has 2 rings (SSSR count). The summed E-state index contributed by atoms with van der Waals surface area (Å²) in [4.78, 5) is 18.4. The summed E-state index contributed by atoms with van der Waals surface area (Å²) in [6.45, 7) is 3.15. The molecule has 0 aromatic carbocycles. The third-order valence-corrected chi connectivity index (χ3v) is 3.85. The minimum absolute atomic E-state index is 0.0718. The minimum atomic E-state index is -0.0718. The zero-order chi connectivity index (χ0) is 14.7. The van der Waals surface area contributed by atoms with Crippen molar-refractivity contribution >= 4 is 23.3 Å². The molecule has 6 heteroatoms. The van der Waals surface area contributed by atoms with Crippen LogP contribution in [0.4, 0.5) is 5.82 Å². The molecule has 5 nitrogen and oxygen atoms in total. The number of ether oxygens (including phenoxy) is 1. The van der Waals surface area contributed by atoms with Crippen molar-refractivity contribution in [1.29, 1.82) is 0 Å². The molecule has 0 aliphatic heterocycles. The van der Waals surface area contributed by atoms with Gasteiger partial charge in [-0.3, -0.25) is 4.79 Å². The molecule has 1 aromatic heterocycles. The fourth-order valence-corrected chi connectivity index (χ4v) is 2.53. The molecule has 1 unspecified atom stereocenters. The van der Waals surface area contributed by atoms with Crippen molar-refractivity contribution < 1.29 is 9.53 Å². The van der Waals surface area contributed by atoms with Crippen LogP contribution in [0.2, 0.25) is 5.15 Å². The summed E-state index contributed by atoms with van der Waals surface area (Å²) in [6, 6.07) is 3.32. The number of aromatic nitrogens is 1. The number of rotatable bonds is 6. The Morgan fingerprint density at radius 2 is 2.30 bits per heavy atom. The molecular formula is C14H20ClN3O2. The predicted molar refractivity (Wildman–Crippen MR) is 78.8 cm³/mol. The van der Waals surface area contributed by atoms with Gasteiger partial charge in [0, 0.05) is 25.3 Å². The van der Waals surface area contributed by atoms with Crippen molar-refractivity contribution in [3.05, 3.63) is 22.8 Å². The van der Waals surface area contributed by atoms with Gasteiger partial charge in [-0.25, -0.2) is 4.98 Å². The molecule has 1 aliphatic rings. The van der Waals surface area contributed by atoms with Crippen molar-refractivity contribution in [2.45, 2.75) is 25.8 Å². The fraction of sp³-hybridized carbons (Fsp3) is 0.571. The van der Waals surface area contributed by atoms with Crippen LogP contribution in [-0.2, 0) is 4.74 Å². The summed E-state index contributed by atoms with van der Waals surface area (Å²) in [5.41, 5.74) is 6.13. The number of nitrogens with two attached hydrogens (primary N) is 1. The van der Waals surface area contributed by atoms with Gasteiger partial charge in [-0.1, -0.05) is 11.6 Å². The number of amides is 1. The Bertz CT molecular complexity index is 471. The van der Waals surface area contributed by atoms with Crippen LogP contribution in [0.25, 0.3) is 0 Å². The van der Waals surface area contributed by atoms with Gasteiger partial charge in [0.25, 0.3) is 5.91 Å². The standard InChI is InChI=1S/C14H20ClN3O2/c1-9(10-3-4-10)18(5-6-20-2)14(19)11-7-12(15)17-13(16)8-11/h7-10H,3-6H2,1-2H3,(H2,16,17). The summed E-state index contributed by atoms with van der Waals surface area (Å²) in [5, 5.41) is 0.235. The number of nitrogen functional groups attached to an aromatic ring is 1. The highest BCUT2D eigenvalue weighted by molar-refractivity contribution is 6.29. The highest BCUT2D eigenvalue weighted by atomic mass is 35.5. The predicted octanol–water partition coefficient (Wildman–Crippen LogP) is 2.20. The van der Waals surface area contributed by atoms with Crippen molar-refractivity contribution in [2.75, 3.05) is 26.0 Å². The van der Waals surface area contributed by atoms with Crippen molar-refractivity contribution in [1.82, 2.24) is 9.88 Å². The Morgan fingerprint density at radius 1 is 1.60 bits per heavy atom. The largest absolute Gasteiger partial charge is 0.384 e. The number of halogens is 1. The first kappa shape index (κ1) is 15.1. The molecule has 1 amide bonds. The van der Waals surface area contributed by atoms with E-state index < -0.39 is 0 Å². The SMILES string of the molecule is COCCN(C(=O)c1cc(N)nc(Cl)c1)C(C)C1CC1. The zero-order valence-electron chi connectivity index (χ0n) is 11.8. The van der Waals surface area contributed by atoms with Crippen LogP contribution < -0.4 is 5.73 Å². The van der Waals surface area contributed by atoms with Crippen LogP contribution in [0.5, 0.6) is 0 Å². The molecule has 1 atom stereocenters. The van der Waals surface area contributed by atoms with Crippen LogP contribution in [0.1, 0.15) is 30.1 Å². The molecule has 2 N–H and O–H groups in total. The number of pyridine rings is 1. The van der Waals surface area contributed by atoms with Crippen molar-refractivity contribution in [2.24, 2.45) is 5.92 Å². The highest BCUT2D eigenvalue weighted by Crippen LogP contribution is 2.35. The third-order valence-electron chi connectivity index (χ3n) is 3.65. The molecule has 1 heterocycles. The van der Waals surface area contributed by atoms with Crippen LogP contribution in [0.15, 0.2) is 12.1 Å². The lowest BCUT2D eigenvalue weighted by atomic mass is 10.1. The highest BCUT2D eigenvalue weighted by Gasteiger charge is 2.34. The van der Waals surface area contributed by atoms with E-state index in [0.717, 1.165) is 0 Å². The molecule has 1 aromatic rings. The summed E-state index contributed by atoms with van der Waals surface area (Å²) < 4.78 is 5.10. The molecule has 1 fully saturated rings. The molecule has 1 saturated carbocycles. The normalized spacial score (nSPS) is 15.9. The van der Waals surface area contributed by atoms with E-state index in [1.54, 1.807) is 19.2 Å². The number of carbonyl (C=O) groups excluding carboxylic acids is 1. The third kappa shape index (κ3) is 3.61. The van der Waals surface area contributed by atoms with E-state index in [0.29, 0.717) is 24.6 Å². The maximum atomic E-state index is 12.7. The Labute approximate surface area is 124 Å². The topological polar surface area (TPSA) is 68.5 Å². The van der Waals surface area contributed by atoms with E-state index in [9.17, 15) is 4.79 Å². The van der Waals surface area contributed by atoms with Crippen LogP contribution in [0, 0.1) is 5.92 Å². The smallest absolute Gasteiger partial charge is 0.254 e. The van der Waals surface area contributed by atoms with E-state index in [2.05, 4.69) is 11.9 Å². The Hall–Kier alpha value is -1.33. The van der Waals surface area contributed by atoms with Crippen LogP contribution >= 0.6 is 11.6 Å². The lowest BCUT2D eigenvalue weighted by molar-refractivity contribution is 0.0594. The second-order valence-electron chi connectivity index (χ2n) is 5.17. The molecular weight excluding hydrogens is 278 g/mol. The van der Waals surface area contributed by atoms with E-state index in [-0.39, 0.29) is 22.9 Å². The van der Waals surface area contributed by atoms with Crippen molar-refractivity contribution in [3.63, 3.8) is 0 Å². The first-order valence-corrected chi connectivity index (χ1v) is 7.13. The number of nitrogens with zero attached hydrogens (tertiary/aromatic N) is 2. The van der Waals surface area contributed by atoms with Gasteiger partial charge in [0.2, 0.25) is 0 Å². The second kappa shape index (κ2) is 6.41. The van der Waals surface area contributed by atoms with Crippen LogP contribution in [-0.4, -0.2) is 42.1 Å². The maximum absolute atomic E-state index is 12.7. The molecule has 110 valence electrons. The maximum Gasteiger partial charge on any atom is 0.254 e. The molecule has 0 spiro atoms. The van der Waals surface area contributed by atoms with Crippen LogP contribution in [0.3, 0.4) is 0 Å². The monoisotopic (exact) mass is 297 g/mol. The quantitative estimate of drug-likeness (QED) is 0.817. The van der Waals surface area contributed by atoms with E-state index in [1.165, 1.54) is 12.8 Å². The lowest BCUT2D eigenvalue weighted by Crippen LogP contribution is -2.42. The number of methoxy groups -OCH3 is 1. The average Bonchev–Trinajstić information content (AvgIpc) is 3.21. The Morgan fingerprint density at radius 3 is 2.85 bits per heavy atom. The first-order chi connectivity index (χ1) is 9.52.